The highest BCUT2D eigenvalue weighted by atomic mass is 35.5. The zero-order chi connectivity index (χ0) is 22.0. The SMILES string of the molecule is CC(C(=O)N1CCN(c2ccc(Cl)c(Cl)c2)CC1)n1nc(-c2cccnc2)ccc1=O. The van der Waals surface area contributed by atoms with E-state index in [9.17, 15) is 9.59 Å². The van der Waals surface area contributed by atoms with Gasteiger partial charge < -0.3 is 9.80 Å². The van der Waals surface area contributed by atoms with Crippen molar-refractivity contribution in [3.05, 3.63) is 75.3 Å². The summed E-state index contributed by atoms with van der Waals surface area (Å²) in [6, 6.07) is 11.5. The highest BCUT2D eigenvalue weighted by molar-refractivity contribution is 6.42. The Morgan fingerprint density at radius 2 is 1.81 bits per heavy atom. The summed E-state index contributed by atoms with van der Waals surface area (Å²) in [5.41, 5.74) is 2.03. The quantitative estimate of drug-likeness (QED) is 0.599. The van der Waals surface area contributed by atoms with Crippen molar-refractivity contribution in [3.8, 4) is 11.3 Å². The minimum atomic E-state index is -0.708. The fourth-order valence-corrected chi connectivity index (χ4v) is 3.90. The van der Waals surface area contributed by atoms with E-state index in [1.807, 2.05) is 18.2 Å². The average Bonchev–Trinajstić information content (AvgIpc) is 2.81. The summed E-state index contributed by atoms with van der Waals surface area (Å²) in [4.78, 5) is 33.5. The molecule has 1 aliphatic rings. The van der Waals surface area contributed by atoms with Gasteiger partial charge in [-0.3, -0.25) is 14.6 Å². The van der Waals surface area contributed by atoms with Crippen LogP contribution in [0.5, 0.6) is 0 Å². The second kappa shape index (κ2) is 9.08. The Morgan fingerprint density at radius 1 is 1.03 bits per heavy atom. The number of anilines is 1. The molecule has 0 bridgehead atoms. The van der Waals surface area contributed by atoms with Gasteiger partial charge in [0.05, 0.1) is 15.7 Å². The van der Waals surface area contributed by atoms with Gasteiger partial charge in [0.1, 0.15) is 6.04 Å². The number of benzene rings is 1. The third-order valence-corrected chi connectivity index (χ3v) is 6.11. The van der Waals surface area contributed by atoms with Crippen molar-refractivity contribution in [1.82, 2.24) is 19.7 Å². The van der Waals surface area contributed by atoms with Crippen LogP contribution in [0, 0.1) is 0 Å². The minimum Gasteiger partial charge on any atom is -0.368 e. The Kier molecular flexibility index (Phi) is 6.25. The lowest BCUT2D eigenvalue weighted by molar-refractivity contribution is -0.135. The predicted octanol–water partition coefficient (Wildman–Crippen LogP) is 3.52. The Labute approximate surface area is 189 Å². The first-order valence-electron chi connectivity index (χ1n) is 9.93. The molecule has 160 valence electrons. The fourth-order valence-electron chi connectivity index (χ4n) is 3.61. The molecule has 2 aromatic heterocycles. The molecule has 0 N–H and O–H groups in total. The van der Waals surface area contributed by atoms with Gasteiger partial charge in [0.15, 0.2) is 0 Å². The third kappa shape index (κ3) is 4.57. The topological polar surface area (TPSA) is 71.3 Å². The molecule has 1 saturated heterocycles. The van der Waals surface area contributed by atoms with Gasteiger partial charge in [0, 0.05) is 55.9 Å². The second-order valence-corrected chi connectivity index (χ2v) is 8.14. The lowest BCUT2D eigenvalue weighted by atomic mass is 10.2. The van der Waals surface area contributed by atoms with E-state index in [4.69, 9.17) is 23.2 Å². The molecule has 0 radical (unpaired) electrons. The Balaban J connectivity index is 1.47. The van der Waals surface area contributed by atoms with Gasteiger partial charge >= 0.3 is 0 Å². The number of hydrogen-bond donors (Lipinski definition) is 0. The summed E-state index contributed by atoms with van der Waals surface area (Å²) in [7, 11) is 0. The van der Waals surface area contributed by atoms with Crippen molar-refractivity contribution in [1.29, 1.82) is 0 Å². The van der Waals surface area contributed by atoms with Crippen LogP contribution in [0.15, 0.2) is 59.7 Å². The monoisotopic (exact) mass is 457 g/mol. The maximum absolute atomic E-state index is 13.1. The van der Waals surface area contributed by atoms with Crippen molar-refractivity contribution in [2.75, 3.05) is 31.1 Å². The van der Waals surface area contributed by atoms with Gasteiger partial charge in [0.2, 0.25) is 5.91 Å². The van der Waals surface area contributed by atoms with Gasteiger partial charge in [-0.25, -0.2) is 4.68 Å². The Hall–Kier alpha value is -2.90. The van der Waals surface area contributed by atoms with Crippen LogP contribution in [0.25, 0.3) is 11.3 Å². The molecule has 0 spiro atoms. The smallest absolute Gasteiger partial charge is 0.267 e. The number of rotatable bonds is 4. The average molecular weight is 458 g/mol. The number of carbonyl (C=O) groups is 1. The van der Waals surface area contributed by atoms with Gasteiger partial charge in [-0.15, -0.1) is 0 Å². The second-order valence-electron chi connectivity index (χ2n) is 7.33. The largest absolute Gasteiger partial charge is 0.368 e. The Morgan fingerprint density at radius 3 is 2.48 bits per heavy atom. The van der Waals surface area contributed by atoms with Crippen molar-refractivity contribution in [2.24, 2.45) is 0 Å². The summed E-state index contributed by atoms with van der Waals surface area (Å²) in [5, 5.41) is 5.44. The normalized spacial score (nSPS) is 15.1. The number of halogens is 2. The first kappa shape index (κ1) is 21.3. The van der Waals surface area contributed by atoms with E-state index >= 15 is 0 Å². The fraction of sp³-hybridized carbons (Fsp3) is 0.273. The van der Waals surface area contributed by atoms with E-state index in [1.165, 1.54) is 10.7 Å². The first-order valence-corrected chi connectivity index (χ1v) is 10.7. The summed E-state index contributed by atoms with van der Waals surface area (Å²) in [6.45, 7) is 4.11. The summed E-state index contributed by atoms with van der Waals surface area (Å²) < 4.78 is 1.25. The molecule has 0 saturated carbocycles. The van der Waals surface area contributed by atoms with Crippen LogP contribution >= 0.6 is 23.2 Å². The molecule has 1 aliphatic heterocycles. The lowest BCUT2D eigenvalue weighted by Gasteiger charge is -2.37. The predicted molar refractivity (Wildman–Crippen MR) is 122 cm³/mol. The van der Waals surface area contributed by atoms with Crippen molar-refractivity contribution < 1.29 is 4.79 Å². The van der Waals surface area contributed by atoms with Crippen LogP contribution in [-0.2, 0) is 4.79 Å². The van der Waals surface area contributed by atoms with E-state index < -0.39 is 6.04 Å². The molecule has 9 heteroatoms. The van der Waals surface area contributed by atoms with Crippen LogP contribution in [0.2, 0.25) is 10.0 Å². The number of pyridine rings is 1. The zero-order valence-electron chi connectivity index (χ0n) is 16.9. The van der Waals surface area contributed by atoms with E-state index in [2.05, 4.69) is 15.0 Å². The van der Waals surface area contributed by atoms with Crippen molar-refractivity contribution in [2.45, 2.75) is 13.0 Å². The van der Waals surface area contributed by atoms with E-state index in [0.717, 1.165) is 11.3 Å². The van der Waals surface area contributed by atoms with Crippen LogP contribution < -0.4 is 10.5 Å². The molecular weight excluding hydrogens is 437 g/mol. The molecule has 3 heterocycles. The number of amides is 1. The van der Waals surface area contributed by atoms with Gasteiger partial charge in [-0.1, -0.05) is 23.2 Å². The van der Waals surface area contributed by atoms with Gasteiger partial charge in [-0.05, 0) is 43.3 Å². The first-order chi connectivity index (χ1) is 14.9. The zero-order valence-corrected chi connectivity index (χ0v) is 18.4. The van der Waals surface area contributed by atoms with Crippen LogP contribution in [0.4, 0.5) is 5.69 Å². The lowest BCUT2D eigenvalue weighted by Crippen LogP contribution is -2.51. The number of hydrogen-bond acceptors (Lipinski definition) is 5. The van der Waals surface area contributed by atoms with Crippen LogP contribution in [0.1, 0.15) is 13.0 Å². The van der Waals surface area contributed by atoms with Crippen LogP contribution in [0.3, 0.4) is 0 Å². The molecule has 1 fully saturated rings. The maximum Gasteiger partial charge on any atom is 0.267 e. The number of carbonyl (C=O) groups excluding carboxylic acids is 1. The van der Waals surface area contributed by atoms with Gasteiger partial charge in [-0.2, -0.15) is 5.10 Å². The molecule has 0 aliphatic carbocycles. The highest BCUT2D eigenvalue weighted by Gasteiger charge is 2.27. The van der Waals surface area contributed by atoms with Gasteiger partial charge in [0.25, 0.3) is 5.56 Å². The number of piperazine rings is 1. The molecule has 4 rings (SSSR count). The Bertz CT molecular complexity index is 1140. The van der Waals surface area contributed by atoms with Crippen LogP contribution in [-0.4, -0.2) is 51.8 Å². The maximum atomic E-state index is 13.1. The molecule has 1 atom stereocenters. The van der Waals surface area contributed by atoms with Crippen molar-refractivity contribution >= 4 is 34.8 Å². The minimum absolute atomic E-state index is 0.133. The molecule has 31 heavy (non-hydrogen) atoms. The molecule has 1 aromatic carbocycles. The summed E-state index contributed by atoms with van der Waals surface area (Å²) >= 11 is 12.1. The van der Waals surface area contributed by atoms with E-state index in [1.54, 1.807) is 42.4 Å². The van der Waals surface area contributed by atoms with Crippen molar-refractivity contribution in [3.63, 3.8) is 0 Å². The highest BCUT2D eigenvalue weighted by Crippen LogP contribution is 2.28. The standard InChI is InChI=1S/C22H21Cl2N5O2/c1-15(29-21(30)7-6-20(26-29)16-3-2-8-25-14-16)22(31)28-11-9-27(10-12-28)17-4-5-18(23)19(24)13-17/h2-8,13-15H,9-12H2,1H3. The molecular formula is C22H21Cl2N5O2. The molecule has 1 amide bonds. The summed E-state index contributed by atoms with van der Waals surface area (Å²) in [5.74, 6) is -0.133. The molecule has 1 unspecified atom stereocenters. The number of nitrogens with zero attached hydrogens (tertiary/aromatic N) is 5. The summed E-state index contributed by atoms with van der Waals surface area (Å²) in [6.07, 6.45) is 3.34. The number of aromatic nitrogens is 3. The molecule has 3 aromatic rings. The van der Waals surface area contributed by atoms with E-state index in [0.29, 0.717) is 41.9 Å². The van der Waals surface area contributed by atoms with E-state index in [-0.39, 0.29) is 11.5 Å². The molecule has 7 nitrogen and oxygen atoms in total. The third-order valence-electron chi connectivity index (χ3n) is 5.37.